The fourth-order valence-electron chi connectivity index (χ4n) is 1.13. The number of rotatable bonds is 3. The monoisotopic (exact) mass is 271 g/mol. The first kappa shape index (κ1) is 13.4. The van der Waals surface area contributed by atoms with Crippen LogP contribution in [0.25, 0.3) is 0 Å². The lowest BCUT2D eigenvalue weighted by Crippen LogP contribution is -2.24. The van der Waals surface area contributed by atoms with Crippen molar-refractivity contribution in [1.29, 1.82) is 0 Å². The summed E-state index contributed by atoms with van der Waals surface area (Å²) in [5.74, 6) is -3.13. The standard InChI is InChI=1S/C8H5ClF3NO4/c9-1-3-4(17-8(10,11)12)2-13-6(14)5(3)7(15)16/h2H,1H2,(H,13,14)(H,15,16). The molecule has 0 unspecified atom stereocenters. The maximum atomic E-state index is 12.0. The van der Waals surface area contributed by atoms with E-state index in [2.05, 4.69) is 4.74 Å². The Hall–Kier alpha value is -1.70. The second-order valence-electron chi connectivity index (χ2n) is 2.82. The second-order valence-corrected chi connectivity index (χ2v) is 3.09. The molecule has 0 saturated carbocycles. The summed E-state index contributed by atoms with van der Waals surface area (Å²) in [6.07, 6.45) is -4.39. The number of hydrogen-bond donors (Lipinski definition) is 2. The molecule has 5 nitrogen and oxygen atoms in total. The summed E-state index contributed by atoms with van der Waals surface area (Å²) in [4.78, 5) is 23.7. The number of H-pyrrole nitrogens is 1. The van der Waals surface area contributed by atoms with Crippen molar-refractivity contribution >= 4 is 17.6 Å². The van der Waals surface area contributed by atoms with E-state index < -0.39 is 40.6 Å². The van der Waals surface area contributed by atoms with Crippen LogP contribution in [0.15, 0.2) is 11.0 Å². The van der Waals surface area contributed by atoms with Gasteiger partial charge in [-0.25, -0.2) is 4.79 Å². The zero-order valence-electron chi connectivity index (χ0n) is 7.97. The molecular weight excluding hydrogens is 267 g/mol. The van der Waals surface area contributed by atoms with Gasteiger partial charge in [0.2, 0.25) is 0 Å². The lowest BCUT2D eigenvalue weighted by molar-refractivity contribution is -0.275. The Kier molecular flexibility index (Phi) is 3.66. The second kappa shape index (κ2) is 4.66. The van der Waals surface area contributed by atoms with Gasteiger partial charge in [-0.1, -0.05) is 0 Å². The summed E-state index contributed by atoms with van der Waals surface area (Å²) >= 11 is 5.32. The zero-order chi connectivity index (χ0) is 13.2. The molecule has 0 aliphatic rings. The highest BCUT2D eigenvalue weighted by atomic mass is 35.5. The molecule has 9 heteroatoms. The minimum absolute atomic E-state index is 0.528. The average molecular weight is 272 g/mol. The molecule has 0 amide bonds. The number of alkyl halides is 4. The Morgan fingerprint density at radius 3 is 2.53 bits per heavy atom. The molecule has 0 bridgehead atoms. The van der Waals surface area contributed by atoms with Crippen LogP contribution in [0.4, 0.5) is 13.2 Å². The molecule has 1 heterocycles. The zero-order valence-corrected chi connectivity index (χ0v) is 8.72. The van der Waals surface area contributed by atoms with E-state index in [1.807, 2.05) is 4.98 Å². The normalized spacial score (nSPS) is 11.3. The summed E-state index contributed by atoms with van der Waals surface area (Å²) in [6.45, 7) is 0. The van der Waals surface area contributed by atoms with Crippen LogP contribution in [0.5, 0.6) is 5.75 Å². The summed E-state index contributed by atoms with van der Waals surface area (Å²) in [5, 5.41) is 8.68. The summed E-state index contributed by atoms with van der Waals surface area (Å²) in [7, 11) is 0. The molecule has 1 aromatic heterocycles. The first-order valence-corrected chi connectivity index (χ1v) is 4.59. The molecule has 2 N–H and O–H groups in total. The fraction of sp³-hybridized carbons (Fsp3) is 0.250. The van der Waals surface area contributed by atoms with Crippen molar-refractivity contribution in [2.45, 2.75) is 12.2 Å². The number of aromatic carboxylic acids is 1. The number of carbonyl (C=O) groups is 1. The number of aromatic amines is 1. The van der Waals surface area contributed by atoms with E-state index in [1.165, 1.54) is 0 Å². The average Bonchev–Trinajstić information content (AvgIpc) is 2.17. The number of aromatic nitrogens is 1. The SMILES string of the molecule is O=C(O)c1c(CCl)c(OC(F)(F)F)c[nH]c1=O. The molecule has 0 aromatic carbocycles. The van der Waals surface area contributed by atoms with Crippen LogP contribution in [0.1, 0.15) is 15.9 Å². The van der Waals surface area contributed by atoms with Crippen molar-refractivity contribution in [2.75, 3.05) is 0 Å². The Bertz CT molecular complexity index is 497. The van der Waals surface area contributed by atoms with Crippen LogP contribution >= 0.6 is 11.6 Å². The molecule has 0 fully saturated rings. The van der Waals surface area contributed by atoms with E-state index in [0.717, 1.165) is 0 Å². The molecule has 0 saturated heterocycles. The first-order chi connectivity index (χ1) is 7.76. The minimum atomic E-state index is -5.01. The van der Waals surface area contributed by atoms with Crippen molar-refractivity contribution in [3.8, 4) is 5.75 Å². The van der Waals surface area contributed by atoms with Gasteiger partial charge in [0.15, 0.2) is 5.75 Å². The van der Waals surface area contributed by atoms with Crippen molar-refractivity contribution in [3.63, 3.8) is 0 Å². The number of halogens is 4. The van der Waals surface area contributed by atoms with E-state index in [0.29, 0.717) is 6.20 Å². The molecule has 0 spiro atoms. The third-order valence-corrected chi connectivity index (χ3v) is 2.00. The van der Waals surface area contributed by atoms with Gasteiger partial charge < -0.3 is 14.8 Å². The highest BCUT2D eigenvalue weighted by Gasteiger charge is 2.33. The number of pyridine rings is 1. The maximum Gasteiger partial charge on any atom is 0.573 e. The maximum absolute atomic E-state index is 12.0. The molecule has 94 valence electrons. The minimum Gasteiger partial charge on any atom is -0.477 e. The molecule has 0 aliphatic heterocycles. The molecule has 1 rings (SSSR count). The largest absolute Gasteiger partial charge is 0.573 e. The first-order valence-electron chi connectivity index (χ1n) is 4.06. The van der Waals surface area contributed by atoms with Crippen LogP contribution in [0.2, 0.25) is 0 Å². The van der Waals surface area contributed by atoms with Gasteiger partial charge in [0.05, 0.1) is 5.88 Å². The summed E-state index contributed by atoms with van der Waals surface area (Å²) in [5.41, 5.74) is -2.45. The quantitative estimate of drug-likeness (QED) is 0.820. The van der Waals surface area contributed by atoms with Crippen molar-refractivity contribution in [2.24, 2.45) is 0 Å². The number of nitrogens with one attached hydrogen (secondary N) is 1. The van der Waals surface area contributed by atoms with Gasteiger partial charge in [-0.2, -0.15) is 0 Å². The van der Waals surface area contributed by atoms with Gasteiger partial charge in [-0.15, -0.1) is 24.8 Å². The van der Waals surface area contributed by atoms with E-state index >= 15 is 0 Å². The lowest BCUT2D eigenvalue weighted by atomic mass is 10.1. The predicted octanol–water partition coefficient (Wildman–Crippen LogP) is 1.71. The van der Waals surface area contributed by atoms with Gasteiger partial charge in [0.1, 0.15) is 5.56 Å². The topological polar surface area (TPSA) is 79.4 Å². The molecule has 17 heavy (non-hydrogen) atoms. The van der Waals surface area contributed by atoms with E-state index in [4.69, 9.17) is 16.7 Å². The molecule has 0 radical (unpaired) electrons. The third kappa shape index (κ3) is 3.13. The highest BCUT2D eigenvalue weighted by molar-refractivity contribution is 6.17. The highest BCUT2D eigenvalue weighted by Crippen LogP contribution is 2.27. The van der Waals surface area contributed by atoms with E-state index in [9.17, 15) is 22.8 Å². The van der Waals surface area contributed by atoms with E-state index in [1.54, 1.807) is 0 Å². The van der Waals surface area contributed by atoms with Gasteiger partial charge in [0, 0.05) is 11.8 Å². The van der Waals surface area contributed by atoms with Crippen molar-refractivity contribution in [3.05, 3.63) is 27.7 Å². The fourth-order valence-corrected chi connectivity index (χ4v) is 1.39. The van der Waals surface area contributed by atoms with Gasteiger partial charge in [-0.05, 0) is 0 Å². The van der Waals surface area contributed by atoms with E-state index in [-0.39, 0.29) is 0 Å². The summed E-state index contributed by atoms with van der Waals surface area (Å²) < 4.78 is 39.5. The van der Waals surface area contributed by atoms with Crippen LogP contribution in [-0.4, -0.2) is 22.4 Å². The number of carboxylic acids is 1. The number of carboxylic acid groups (broad SMARTS) is 1. The number of ether oxygens (including phenoxy) is 1. The van der Waals surface area contributed by atoms with Crippen LogP contribution < -0.4 is 10.3 Å². The van der Waals surface area contributed by atoms with Gasteiger partial charge >= 0.3 is 12.3 Å². The lowest BCUT2D eigenvalue weighted by Gasteiger charge is -2.12. The van der Waals surface area contributed by atoms with Crippen LogP contribution in [-0.2, 0) is 5.88 Å². The van der Waals surface area contributed by atoms with Crippen LogP contribution in [0.3, 0.4) is 0 Å². The third-order valence-electron chi connectivity index (χ3n) is 1.73. The Morgan fingerprint density at radius 2 is 2.12 bits per heavy atom. The smallest absolute Gasteiger partial charge is 0.477 e. The Labute approximate surface area is 96.8 Å². The van der Waals surface area contributed by atoms with Crippen molar-refractivity contribution < 1.29 is 27.8 Å². The van der Waals surface area contributed by atoms with Crippen LogP contribution in [0, 0.1) is 0 Å². The van der Waals surface area contributed by atoms with Gasteiger partial charge in [-0.3, -0.25) is 4.79 Å². The Balaban J connectivity index is 3.39. The molecular formula is C8H5ClF3NO4. The molecule has 0 aliphatic carbocycles. The van der Waals surface area contributed by atoms with Gasteiger partial charge in [0.25, 0.3) is 5.56 Å². The Morgan fingerprint density at radius 1 is 1.53 bits per heavy atom. The summed E-state index contributed by atoms with van der Waals surface area (Å²) in [6, 6.07) is 0. The molecule has 0 atom stereocenters. The van der Waals surface area contributed by atoms with Crippen molar-refractivity contribution in [1.82, 2.24) is 4.98 Å². The number of hydrogen-bond acceptors (Lipinski definition) is 3. The predicted molar refractivity (Wildman–Crippen MR) is 50.3 cm³/mol. The molecule has 1 aromatic rings.